The van der Waals surface area contributed by atoms with Gasteiger partial charge in [0.15, 0.2) is 0 Å². The average molecular weight is 232 g/mol. The molecule has 5 nitrogen and oxygen atoms in total. The van der Waals surface area contributed by atoms with Gasteiger partial charge in [0.1, 0.15) is 5.75 Å². The topological polar surface area (TPSA) is 52.0 Å². The van der Waals surface area contributed by atoms with E-state index in [1.165, 1.54) is 0 Å². The summed E-state index contributed by atoms with van der Waals surface area (Å²) in [5.41, 5.74) is 2.15. The SMILES string of the molecule is CNC(c1cnn(C)c1)c1ccncc1OC. The van der Waals surface area contributed by atoms with Crippen LogP contribution >= 0.6 is 0 Å². The van der Waals surface area contributed by atoms with Crippen molar-refractivity contribution in [3.8, 4) is 5.75 Å². The number of hydrogen-bond acceptors (Lipinski definition) is 4. The van der Waals surface area contributed by atoms with E-state index >= 15 is 0 Å². The highest BCUT2D eigenvalue weighted by Gasteiger charge is 2.17. The lowest BCUT2D eigenvalue weighted by molar-refractivity contribution is 0.403. The summed E-state index contributed by atoms with van der Waals surface area (Å²) in [6, 6.07) is 2.01. The molecule has 2 aromatic heterocycles. The maximum atomic E-state index is 5.33. The summed E-state index contributed by atoms with van der Waals surface area (Å²) in [7, 11) is 5.47. The normalized spacial score (nSPS) is 12.4. The Hall–Kier alpha value is -1.88. The minimum Gasteiger partial charge on any atom is -0.495 e. The highest BCUT2D eigenvalue weighted by Crippen LogP contribution is 2.28. The minimum absolute atomic E-state index is 0.0571. The molecular formula is C12H16N4O. The summed E-state index contributed by atoms with van der Waals surface area (Å²) < 4.78 is 7.11. The molecule has 0 aliphatic heterocycles. The van der Waals surface area contributed by atoms with Gasteiger partial charge >= 0.3 is 0 Å². The fourth-order valence-electron chi connectivity index (χ4n) is 1.89. The molecule has 0 saturated carbocycles. The van der Waals surface area contributed by atoms with Crippen LogP contribution in [0.3, 0.4) is 0 Å². The van der Waals surface area contributed by atoms with Crippen LogP contribution in [0.15, 0.2) is 30.9 Å². The predicted octanol–water partition coefficient (Wildman–Crippen LogP) is 1.13. The van der Waals surface area contributed by atoms with E-state index in [1.54, 1.807) is 24.2 Å². The molecule has 0 radical (unpaired) electrons. The Bertz CT molecular complexity index is 495. The highest BCUT2D eigenvalue weighted by molar-refractivity contribution is 5.38. The van der Waals surface area contributed by atoms with Crippen molar-refractivity contribution >= 4 is 0 Å². The third-order valence-electron chi connectivity index (χ3n) is 2.69. The van der Waals surface area contributed by atoms with Crippen molar-refractivity contribution in [1.82, 2.24) is 20.1 Å². The molecule has 2 heterocycles. The molecule has 1 atom stereocenters. The van der Waals surface area contributed by atoms with Crippen molar-refractivity contribution in [2.45, 2.75) is 6.04 Å². The fraction of sp³-hybridized carbons (Fsp3) is 0.333. The standard InChI is InChI=1S/C12H16N4O/c1-13-12(9-6-15-16(2)8-9)10-4-5-14-7-11(10)17-3/h4-8,12-13H,1-3H3. The molecule has 2 aromatic rings. The molecule has 0 bridgehead atoms. The van der Waals surface area contributed by atoms with E-state index in [0.717, 1.165) is 16.9 Å². The van der Waals surface area contributed by atoms with Crippen LogP contribution in [-0.2, 0) is 7.05 Å². The maximum Gasteiger partial charge on any atom is 0.142 e. The van der Waals surface area contributed by atoms with Crippen LogP contribution in [0.4, 0.5) is 0 Å². The summed E-state index contributed by atoms with van der Waals surface area (Å²) >= 11 is 0. The Balaban J connectivity index is 2.41. The Morgan fingerprint density at radius 3 is 2.82 bits per heavy atom. The fourth-order valence-corrected chi connectivity index (χ4v) is 1.89. The van der Waals surface area contributed by atoms with Gasteiger partial charge in [0.25, 0.3) is 0 Å². The van der Waals surface area contributed by atoms with E-state index in [4.69, 9.17) is 4.74 Å². The Kier molecular flexibility index (Phi) is 3.39. The van der Waals surface area contributed by atoms with Crippen LogP contribution in [-0.4, -0.2) is 28.9 Å². The van der Waals surface area contributed by atoms with Crippen LogP contribution in [0.2, 0.25) is 0 Å². The van der Waals surface area contributed by atoms with Crippen molar-refractivity contribution in [1.29, 1.82) is 0 Å². The lowest BCUT2D eigenvalue weighted by atomic mass is 10.0. The number of hydrogen-bond donors (Lipinski definition) is 1. The number of nitrogens with one attached hydrogen (secondary N) is 1. The maximum absolute atomic E-state index is 5.33. The van der Waals surface area contributed by atoms with Crippen LogP contribution in [0, 0.1) is 0 Å². The van der Waals surface area contributed by atoms with Crippen LogP contribution in [0.25, 0.3) is 0 Å². The monoisotopic (exact) mass is 232 g/mol. The molecule has 1 unspecified atom stereocenters. The molecule has 0 spiro atoms. The largest absolute Gasteiger partial charge is 0.495 e. The van der Waals surface area contributed by atoms with Gasteiger partial charge in [-0.05, 0) is 13.1 Å². The van der Waals surface area contributed by atoms with Gasteiger partial charge in [-0.25, -0.2) is 0 Å². The van der Waals surface area contributed by atoms with E-state index in [9.17, 15) is 0 Å². The smallest absolute Gasteiger partial charge is 0.142 e. The van der Waals surface area contributed by atoms with Gasteiger partial charge in [-0.2, -0.15) is 5.10 Å². The predicted molar refractivity (Wildman–Crippen MR) is 64.9 cm³/mol. The number of aromatic nitrogens is 3. The van der Waals surface area contributed by atoms with Crippen molar-refractivity contribution < 1.29 is 4.74 Å². The van der Waals surface area contributed by atoms with Gasteiger partial charge in [0, 0.05) is 30.6 Å². The van der Waals surface area contributed by atoms with E-state index in [1.807, 2.05) is 32.6 Å². The molecule has 1 N–H and O–H groups in total. The van der Waals surface area contributed by atoms with E-state index < -0.39 is 0 Å². The Morgan fingerprint density at radius 1 is 1.41 bits per heavy atom. The van der Waals surface area contributed by atoms with Crippen LogP contribution < -0.4 is 10.1 Å². The van der Waals surface area contributed by atoms with Crippen LogP contribution in [0.1, 0.15) is 17.2 Å². The zero-order chi connectivity index (χ0) is 12.3. The number of methoxy groups -OCH3 is 1. The van der Waals surface area contributed by atoms with Gasteiger partial charge in [0.2, 0.25) is 0 Å². The number of rotatable bonds is 4. The quantitative estimate of drug-likeness (QED) is 0.858. The second-order valence-electron chi connectivity index (χ2n) is 3.79. The molecule has 0 amide bonds. The first-order valence-corrected chi connectivity index (χ1v) is 5.40. The van der Waals surface area contributed by atoms with Gasteiger partial charge in [-0.3, -0.25) is 9.67 Å². The summed E-state index contributed by atoms with van der Waals surface area (Å²) in [5.74, 6) is 0.774. The van der Waals surface area contributed by atoms with E-state index in [0.29, 0.717) is 0 Å². The summed E-state index contributed by atoms with van der Waals surface area (Å²) in [6.07, 6.45) is 7.32. The lowest BCUT2D eigenvalue weighted by Crippen LogP contribution is -2.18. The van der Waals surface area contributed by atoms with E-state index in [2.05, 4.69) is 15.4 Å². The van der Waals surface area contributed by atoms with Gasteiger partial charge in [0.05, 0.1) is 25.5 Å². The molecule has 2 rings (SSSR count). The summed E-state index contributed by atoms with van der Waals surface area (Å²) in [6.45, 7) is 0. The molecule has 0 aromatic carbocycles. The first-order chi connectivity index (χ1) is 8.26. The van der Waals surface area contributed by atoms with Gasteiger partial charge in [-0.15, -0.1) is 0 Å². The van der Waals surface area contributed by atoms with Crippen molar-refractivity contribution in [2.24, 2.45) is 7.05 Å². The average Bonchev–Trinajstić information content (AvgIpc) is 2.77. The lowest BCUT2D eigenvalue weighted by Gasteiger charge is -2.17. The number of ether oxygens (including phenoxy) is 1. The zero-order valence-corrected chi connectivity index (χ0v) is 10.2. The summed E-state index contributed by atoms with van der Waals surface area (Å²) in [4.78, 5) is 4.06. The van der Waals surface area contributed by atoms with Crippen molar-refractivity contribution in [3.63, 3.8) is 0 Å². The third-order valence-corrected chi connectivity index (χ3v) is 2.69. The summed E-state index contributed by atoms with van der Waals surface area (Å²) in [5, 5.41) is 7.45. The number of aryl methyl sites for hydroxylation is 1. The molecule has 90 valence electrons. The molecule has 5 heteroatoms. The second kappa shape index (κ2) is 4.97. The first-order valence-electron chi connectivity index (χ1n) is 5.40. The van der Waals surface area contributed by atoms with Crippen LogP contribution in [0.5, 0.6) is 5.75 Å². The Morgan fingerprint density at radius 2 is 2.24 bits per heavy atom. The van der Waals surface area contributed by atoms with Crippen molar-refractivity contribution in [2.75, 3.05) is 14.2 Å². The first kappa shape index (κ1) is 11.6. The molecule has 17 heavy (non-hydrogen) atoms. The molecular weight excluding hydrogens is 216 g/mol. The third kappa shape index (κ3) is 2.29. The second-order valence-corrected chi connectivity index (χ2v) is 3.79. The van der Waals surface area contributed by atoms with E-state index in [-0.39, 0.29) is 6.04 Å². The Labute approximate surface area is 100 Å². The van der Waals surface area contributed by atoms with Gasteiger partial charge in [-0.1, -0.05) is 0 Å². The highest BCUT2D eigenvalue weighted by atomic mass is 16.5. The van der Waals surface area contributed by atoms with Gasteiger partial charge < -0.3 is 10.1 Å². The molecule has 0 aliphatic carbocycles. The number of pyridine rings is 1. The minimum atomic E-state index is 0.0571. The molecule has 0 saturated heterocycles. The zero-order valence-electron chi connectivity index (χ0n) is 10.2. The van der Waals surface area contributed by atoms with Crippen molar-refractivity contribution in [3.05, 3.63) is 42.0 Å². The molecule has 0 fully saturated rings. The number of nitrogens with zero attached hydrogens (tertiary/aromatic N) is 3. The molecule has 0 aliphatic rings.